The SMILES string of the molecule is CN(CCC#N)c1ccc(/C=C(\C(N)=O)c2nc3ccccc3s2)cc1. The molecule has 0 unspecified atom stereocenters. The Labute approximate surface area is 156 Å². The molecule has 0 radical (unpaired) electrons. The van der Waals surface area contributed by atoms with E-state index < -0.39 is 5.91 Å². The van der Waals surface area contributed by atoms with Gasteiger partial charge in [0.2, 0.25) is 0 Å². The first kappa shape index (κ1) is 17.6. The van der Waals surface area contributed by atoms with Crippen molar-refractivity contribution in [1.29, 1.82) is 5.26 Å². The lowest BCUT2D eigenvalue weighted by atomic mass is 10.1. The van der Waals surface area contributed by atoms with Crippen LogP contribution >= 0.6 is 11.3 Å². The average molecular weight is 362 g/mol. The van der Waals surface area contributed by atoms with Crippen molar-refractivity contribution in [2.45, 2.75) is 6.42 Å². The number of carbonyl (C=O) groups excluding carboxylic acids is 1. The molecule has 0 aliphatic rings. The minimum atomic E-state index is -0.501. The zero-order valence-electron chi connectivity index (χ0n) is 14.3. The number of thiazole rings is 1. The van der Waals surface area contributed by atoms with Gasteiger partial charge in [-0.2, -0.15) is 5.26 Å². The summed E-state index contributed by atoms with van der Waals surface area (Å²) in [5.41, 5.74) is 8.73. The Kier molecular flexibility index (Phi) is 5.30. The molecule has 0 fully saturated rings. The molecule has 130 valence electrons. The van der Waals surface area contributed by atoms with Crippen LogP contribution in [0, 0.1) is 11.3 Å². The summed E-state index contributed by atoms with van der Waals surface area (Å²) in [5, 5.41) is 9.30. The lowest BCUT2D eigenvalue weighted by Crippen LogP contribution is -2.17. The summed E-state index contributed by atoms with van der Waals surface area (Å²) in [6.07, 6.45) is 2.24. The van der Waals surface area contributed by atoms with Gasteiger partial charge in [0.05, 0.1) is 28.3 Å². The Morgan fingerprint density at radius 1 is 1.27 bits per heavy atom. The summed E-state index contributed by atoms with van der Waals surface area (Å²) in [6, 6.07) is 17.7. The third-order valence-corrected chi connectivity index (χ3v) is 5.06. The minimum absolute atomic E-state index is 0.400. The summed E-state index contributed by atoms with van der Waals surface area (Å²) in [6.45, 7) is 0.671. The van der Waals surface area contributed by atoms with Gasteiger partial charge in [0.15, 0.2) is 0 Å². The third-order valence-electron chi connectivity index (χ3n) is 3.99. The van der Waals surface area contributed by atoms with Crippen molar-refractivity contribution in [3.05, 3.63) is 59.1 Å². The Morgan fingerprint density at radius 2 is 2.00 bits per heavy atom. The number of fused-ring (bicyclic) bond motifs is 1. The second kappa shape index (κ2) is 7.81. The number of carbonyl (C=O) groups is 1. The van der Waals surface area contributed by atoms with Crippen molar-refractivity contribution in [3.8, 4) is 6.07 Å². The molecule has 1 amide bonds. The molecule has 0 spiro atoms. The first-order valence-electron chi connectivity index (χ1n) is 8.14. The van der Waals surface area contributed by atoms with E-state index in [2.05, 4.69) is 11.1 Å². The highest BCUT2D eigenvalue weighted by atomic mass is 32.1. The van der Waals surface area contributed by atoms with Crippen LogP contribution in [0.25, 0.3) is 21.9 Å². The fourth-order valence-corrected chi connectivity index (χ4v) is 3.55. The topological polar surface area (TPSA) is 83.0 Å². The summed E-state index contributed by atoms with van der Waals surface area (Å²) in [5.74, 6) is -0.501. The fourth-order valence-electron chi connectivity index (χ4n) is 2.56. The maximum atomic E-state index is 12.0. The van der Waals surface area contributed by atoms with Gasteiger partial charge >= 0.3 is 0 Å². The third kappa shape index (κ3) is 3.90. The van der Waals surface area contributed by atoms with Gasteiger partial charge in [-0.15, -0.1) is 11.3 Å². The van der Waals surface area contributed by atoms with Crippen molar-refractivity contribution in [2.24, 2.45) is 5.73 Å². The van der Waals surface area contributed by atoms with Crippen molar-refractivity contribution in [3.63, 3.8) is 0 Å². The second-order valence-corrected chi connectivity index (χ2v) is 6.86. The molecule has 2 aromatic carbocycles. The second-order valence-electron chi connectivity index (χ2n) is 5.83. The van der Waals surface area contributed by atoms with Crippen molar-refractivity contribution < 1.29 is 4.79 Å². The fraction of sp³-hybridized carbons (Fsp3) is 0.150. The van der Waals surface area contributed by atoms with Gasteiger partial charge in [0.1, 0.15) is 5.01 Å². The quantitative estimate of drug-likeness (QED) is 0.678. The molecule has 1 heterocycles. The summed E-state index contributed by atoms with van der Waals surface area (Å²) < 4.78 is 1.02. The zero-order chi connectivity index (χ0) is 18.5. The maximum Gasteiger partial charge on any atom is 0.251 e. The normalized spacial score (nSPS) is 11.3. The molecule has 0 aliphatic carbocycles. The highest BCUT2D eigenvalue weighted by Gasteiger charge is 2.14. The van der Waals surface area contributed by atoms with Gasteiger partial charge in [0, 0.05) is 19.3 Å². The van der Waals surface area contributed by atoms with Crippen molar-refractivity contribution in [1.82, 2.24) is 4.98 Å². The summed E-state index contributed by atoms with van der Waals surface area (Å²) in [4.78, 5) is 18.5. The number of benzene rings is 2. The number of hydrogen-bond donors (Lipinski definition) is 1. The first-order valence-corrected chi connectivity index (χ1v) is 8.96. The lowest BCUT2D eigenvalue weighted by Gasteiger charge is -2.17. The van der Waals surface area contributed by atoms with Gasteiger partial charge in [-0.1, -0.05) is 24.3 Å². The Bertz CT molecular complexity index is 966. The molecule has 1 aromatic heterocycles. The van der Waals surface area contributed by atoms with Crippen LogP contribution in [0.5, 0.6) is 0 Å². The van der Waals surface area contributed by atoms with Crippen molar-refractivity contribution >= 4 is 44.8 Å². The van der Waals surface area contributed by atoms with Crippen LogP contribution in [0.15, 0.2) is 48.5 Å². The number of aromatic nitrogens is 1. The molecule has 2 N–H and O–H groups in total. The van der Waals surface area contributed by atoms with E-state index in [0.717, 1.165) is 21.5 Å². The van der Waals surface area contributed by atoms with Crippen LogP contribution in [0.2, 0.25) is 0 Å². The molecule has 0 saturated carbocycles. The molecule has 0 bridgehead atoms. The Morgan fingerprint density at radius 3 is 2.65 bits per heavy atom. The monoisotopic (exact) mass is 362 g/mol. The molecule has 0 saturated heterocycles. The molecule has 5 nitrogen and oxygen atoms in total. The smallest absolute Gasteiger partial charge is 0.251 e. The Hall–Kier alpha value is -3.17. The van der Waals surface area contributed by atoms with Crippen LogP contribution in [0.3, 0.4) is 0 Å². The van der Waals surface area contributed by atoms with E-state index in [1.165, 1.54) is 11.3 Å². The number of nitrogens with two attached hydrogens (primary N) is 1. The van der Waals surface area contributed by atoms with Gasteiger partial charge in [-0.25, -0.2) is 4.98 Å². The number of primary amides is 1. The van der Waals surface area contributed by atoms with Gasteiger partial charge in [0.25, 0.3) is 5.91 Å². The van der Waals surface area contributed by atoms with E-state index in [4.69, 9.17) is 11.0 Å². The van der Waals surface area contributed by atoms with E-state index in [0.29, 0.717) is 23.5 Å². The molecular formula is C20H18N4OS. The Balaban J connectivity index is 1.89. The molecule has 26 heavy (non-hydrogen) atoms. The highest BCUT2D eigenvalue weighted by Crippen LogP contribution is 2.28. The van der Waals surface area contributed by atoms with E-state index >= 15 is 0 Å². The molecular weight excluding hydrogens is 344 g/mol. The van der Waals surface area contributed by atoms with E-state index in [1.54, 1.807) is 6.08 Å². The number of amides is 1. The average Bonchev–Trinajstić information content (AvgIpc) is 3.08. The number of para-hydroxylation sites is 1. The van der Waals surface area contributed by atoms with Crippen LogP contribution in [0.4, 0.5) is 5.69 Å². The highest BCUT2D eigenvalue weighted by molar-refractivity contribution is 7.19. The van der Waals surface area contributed by atoms with Crippen LogP contribution in [-0.2, 0) is 4.79 Å². The standard InChI is InChI=1S/C20H18N4OS/c1-24(12-4-11-21)15-9-7-14(8-10-15)13-16(19(22)25)20-23-17-5-2-3-6-18(17)26-20/h2-3,5-10,13H,4,12H2,1H3,(H2,22,25)/b16-13+. The van der Waals surface area contributed by atoms with Crippen molar-refractivity contribution in [2.75, 3.05) is 18.5 Å². The van der Waals surface area contributed by atoms with Crippen LogP contribution in [-0.4, -0.2) is 24.5 Å². The van der Waals surface area contributed by atoms with Gasteiger partial charge in [-0.05, 0) is 35.9 Å². The zero-order valence-corrected chi connectivity index (χ0v) is 15.2. The van der Waals surface area contributed by atoms with Gasteiger partial charge in [-0.3, -0.25) is 4.79 Å². The largest absolute Gasteiger partial charge is 0.374 e. The van der Waals surface area contributed by atoms with Crippen LogP contribution < -0.4 is 10.6 Å². The molecule has 3 aromatic rings. The molecule has 0 aliphatic heterocycles. The number of nitriles is 1. The predicted molar refractivity (Wildman–Crippen MR) is 107 cm³/mol. The molecule has 3 rings (SSSR count). The summed E-state index contributed by atoms with van der Waals surface area (Å²) >= 11 is 1.45. The first-order chi connectivity index (χ1) is 12.6. The van der Waals surface area contributed by atoms with E-state index in [1.807, 2.05) is 60.5 Å². The number of nitrogens with zero attached hydrogens (tertiary/aromatic N) is 3. The summed E-state index contributed by atoms with van der Waals surface area (Å²) in [7, 11) is 1.94. The molecule has 6 heteroatoms. The van der Waals surface area contributed by atoms with E-state index in [9.17, 15) is 4.79 Å². The van der Waals surface area contributed by atoms with E-state index in [-0.39, 0.29) is 0 Å². The minimum Gasteiger partial charge on any atom is -0.374 e. The predicted octanol–water partition coefficient (Wildman–Crippen LogP) is 3.67. The number of rotatable bonds is 6. The number of hydrogen-bond acceptors (Lipinski definition) is 5. The maximum absolute atomic E-state index is 12.0. The lowest BCUT2D eigenvalue weighted by molar-refractivity contribution is -0.112. The number of anilines is 1. The molecule has 0 atom stereocenters. The van der Waals surface area contributed by atoms with Crippen LogP contribution in [0.1, 0.15) is 17.0 Å². The van der Waals surface area contributed by atoms with Gasteiger partial charge < -0.3 is 10.6 Å².